The second-order valence-corrected chi connectivity index (χ2v) is 7.18. The van der Waals surface area contributed by atoms with Crippen molar-refractivity contribution < 1.29 is 14.3 Å². The zero-order valence-electron chi connectivity index (χ0n) is 16.1. The molecule has 2 aromatic rings. The molecule has 1 unspecified atom stereocenters. The molecule has 0 spiro atoms. The van der Waals surface area contributed by atoms with Crippen LogP contribution in [0.25, 0.3) is 10.8 Å². The van der Waals surface area contributed by atoms with Crippen molar-refractivity contribution in [2.75, 3.05) is 26.7 Å². The number of methoxy groups -OCH3 is 1. The average molecular weight is 368 g/mol. The molecule has 0 aliphatic carbocycles. The van der Waals surface area contributed by atoms with Crippen LogP contribution in [0, 0.1) is 5.92 Å². The minimum absolute atomic E-state index is 0.130. The number of nitrogens with zero attached hydrogens (tertiary/aromatic N) is 1. The summed E-state index contributed by atoms with van der Waals surface area (Å²) in [5, 5.41) is 5.18. The average Bonchev–Trinajstić information content (AvgIpc) is 2.73. The Labute approximate surface area is 160 Å². The van der Waals surface area contributed by atoms with Gasteiger partial charge in [-0.2, -0.15) is 0 Å². The van der Waals surface area contributed by atoms with E-state index in [1.807, 2.05) is 11.8 Å². The number of alkyl carbamates (subject to hydrolysis) is 1. The van der Waals surface area contributed by atoms with E-state index in [9.17, 15) is 9.59 Å². The number of hydrogen-bond donors (Lipinski definition) is 1. The highest BCUT2D eigenvalue weighted by molar-refractivity contribution is 5.83. The van der Waals surface area contributed by atoms with Gasteiger partial charge in [-0.05, 0) is 41.5 Å². The van der Waals surface area contributed by atoms with Crippen LogP contribution in [0.2, 0.25) is 0 Å². The summed E-state index contributed by atoms with van der Waals surface area (Å²) in [4.78, 5) is 26.0. The molecule has 0 saturated carbocycles. The quantitative estimate of drug-likeness (QED) is 0.870. The van der Waals surface area contributed by atoms with Crippen molar-refractivity contribution in [1.82, 2.24) is 10.2 Å². The molecule has 5 heteroatoms. The third-order valence-corrected chi connectivity index (χ3v) is 5.57. The largest absolute Gasteiger partial charge is 0.453 e. The molecule has 1 fully saturated rings. The summed E-state index contributed by atoms with van der Waals surface area (Å²) in [5.74, 6) is 0.430. The van der Waals surface area contributed by atoms with Crippen LogP contribution < -0.4 is 5.32 Å². The summed E-state index contributed by atoms with van der Waals surface area (Å²) in [7, 11) is 1.33. The van der Waals surface area contributed by atoms with E-state index >= 15 is 0 Å². The van der Waals surface area contributed by atoms with Crippen LogP contribution in [0.15, 0.2) is 42.5 Å². The molecule has 0 radical (unpaired) electrons. The van der Waals surface area contributed by atoms with Gasteiger partial charge in [-0.25, -0.2) is 4.79 Å². The fourth-order valence-electron chi connectivity index (χ4n) is 3.84. The Morgan fingerprint density at radius 1 is 1.15 bits per heavy atom. The van der Waals surface area contributed by atoms with Crippen LogP contribution in [0.4, 0.5) is 4.79 Å². The first-order chi connectivity index (χ1) is 13.1. The number of carbonyl (C=O) groups excluding carboxylic acids is 2. The number of piperidine rings is 1. The fraction of sp³-hybridized carbons (Fsp3) is 0.455. The number of nitrogens with one attached hydrogen (secondary N) is 1. The Balaban J connectivity index is 1.58. The van der Waals surface area contributed by atoms with Gasteiger partial charge in [0.2, 0.25) is 5.91 Å². The van der Waals surface area contributed by atoms with Crippen molar-refractivity contribution in [3.63, 3.8) is 0 Å². The van der Waals surface area contributed by atoms with Gasteiger partial charge >= 0.3 is 6.09 Å². The van der Waals surface area contributed by atoms with Crippen LogP contribution in [-0.4, -0.2) is 43.6 Å². The zero-order chi connectivity index (χ0) is 19.2. The predicted molar refractivity (Wildman–Crippen MR) is 107 cm³/mol. The number of carbonyl (C=O) groups is 2. The monoisotopic (exact) mass is 368 g/mol. The SMILES string of the molecule is CCC(CNC(=O)OC)C(=O)N1CCC(c2ccc3ccccc3c2)CC1. The summed E-state index contributed by atoms with van der Waals surface area (Å²) >= 11 is 0. The minimum Gasteiger partial charge on any atom is -0.453 e. The Morgan fingerprint density at radius 2 is 1.85 bits per heavy atom. The van der Waals surface area contributed by atoms with E-state index in [4.69, 9.17) is 0 Å². The molecule has 144 valence electrons. The van der Waals surface area contributed by atoms with Gasteiger partial charge in [0.25, 0.3) is 0 Å². The highest BCUT2D eigenvalue weighted by atomic mass is 16.5. The molecular weight excluding hydrogens is 340 g/mol. The van der Waals surface area contributed by atoms with Crippen LogP contribution in [0.3, 0.4) is 0 Å². The van der Waals surface area contributed by atoms with Crippen molar-refractivity contribution in [2.45, 2.75) is 32.1 Å². The topological polar surface area (TPSA) is 58.6 Å². The van der Waals surface area contributed by atoms with Crippen LogP contribution in [-0.2, 0) is 9.53 Å². The number of hydrogen-bond acceptors (Lipinski definition) is 3. The summed E-state index contributed by atoms with van der Waals surface area (Å²) in [6, 6.07) is 15.1. The zero-order valence-corrected chi connectivity index (χ0v) is 16.1. The van der Waals surface area contributed by atoms with E-state index in [1.54, 1.807) is 0 Å². The number of fused-ring (bicyclic) bond motifs is 1. The van der Waals surface area contributed by atoms with Gasteiger partial charge in [0, 0.05) is 19.6 Å². The number of likely N-dealkylation sites (tertiary alicyclic amines) is 1. The molecule has 0 bridgehead atoms. The summed E-state index contributed by atoms with van der Waals surface area (Å²) in [6.45, 7) is 3.84. The van der Waals surface area contributed by atoms with Gasteiger partial charge in [0.15, 0.2) is 0 Å². The standard InChI is InChI=1S/C22H28N2O3/c1-3-16(15-23-22(26)27-2)21(25)24-12-10-18(11-13-24)20-9-8-17-6-4-5-7-19(17)14-20/h4-9,14,16,18H,3,10-13,15H2,1-2H3,(H,23,26). The van der Waals surface area contributed by atoms with Crippen LogP contribution in [0.5, 0.6) is 0 Å². The first-order valence-electron chi connectivity index (χ1n) is 9.71. The Bertz CT molecular complexity index is 797. The third-order valence-electron chi connectivity index (χ3n) is 5.57. The molecule has 1 heterocycles. The van der Waals surface area contributed by atoms with Crippen molar-refractivity contribution in [3.8, 4) is 0 Å². The molecule has 1 aliphatic heterocycles. The maximum atomic E-state index is 12.8. The van der Waals surface area contributed by atoms with Crippen molar-refractivity contribution in [1.29, 1.82) is 0 Å². The van der Waals surface area contributed by atoms with Crippen LogP contribution >= 0.6 is 0 Å². The Morgan fingerprint density at radius 3 is 2.52 bits per heavy atom. The predicted octanol–water partition coefficient (Wildman–Crippen LogP) is 3.93. The number of benzene rings is 2. The fourth-order valence-corrected chi connectivity index (χ4v) is 3.84. The van der Waals surface area contributed by atoms with Crippen molar-refractivity contribution in [2.24, 2.45) is 5.92 Å². The Hall–Kier alpha value is -2.56. The smallest absolute Gasteiger partial charge is 0.406 e. The summed E-state index contributed by atoms with van der Waals surface area (Å²) < 4.78 is 4.59. The van der Waals surface area contributed by atoms with Gasteiger partial charge in [-0.15, -0.1) is 0 Å². The molecule has 2 aromatic carbocycles. The lowest BCUT2D eigenvalue weighted by atomic mass is 9.87. The van der Waals surface area contributed by atoms with Gasteiger partial charge in [0.1, 0.15) is 0 Å². The van der Waals surface area contributed by atoms with Gasteiger partial charge in [-0.3, -0.25) is 4.79 Å². The molecule has 1 N–H and O–H groups in total. The van der Waals surface area contributed by atoms with E-state index in [-0.39, 0.29) is 11.8 Å². The number of rotatable bonds is 5. The lowest BCUT2D eigenvalue weighted by molar-refractivity contribution is -0.136. The lowest BCUT2D eigenvalue weighted by Crippen LogP contribution is -2.44. The molecule has 0 aromatic heterocycles. The van der Waals surface area contributed by atoms with Gasteiger partial charge in [-0.1, -0.05) is 49.4 Å². The lowest BCUT2D eigenvalue weighted by Gasteiger charge is -2.34. The number of amides is 2. The minimum atomic E-state index is -0.490. The highest BCUT2D eigenvalue weighted by Gasteiger charge is 2.28. The van der Waals surface area contributed by atoms with Crippen molar-refractivity contribution >= 4 is 22.8 Å². The maximum absolute atomic E-state index is 12.8. The molecular formula is C22H28N2O3. The first-order valence-corrected chi connectivity index (χ1v) is 9.71. The van der Waals surface area contributed by atoms with E-state index in [0.717, 1.165) is 25.9 Å². The van der Waals surface area contributed by atoms with Gasteiger partial charge < -0.3 is 15.0 Å². The van der Waals surface area contributed by atoms with Gasteiger partial charge in [0.05, 0.1) is 13.0 Å². The van der Waals surface area contributed by atoms with E-state index in [0.29, 0.717) is 18.9 Å². The molecule has 2 amide bonds. The van der Waals surface area contributed by atoms with Crippen molar-refractivity contribution in [3.05, 3.63) is 48.0 Å². The second-order valence-electron chi connectivity index (χ2n) is 7.18. The maximum Gasteiger partial charge on any atom is 0.406 e. The molecule has 1 atom stereocenters. The summed E-state index contributed by atoms with van der Waals surface area (Å²) in [5.41, 5.74) is 1.36. The molecule has 1 saturated heterocycles. The number of ether oxygens (including phenoxy) is 1. The molecule has 1 aliphatic rings. The first kappa shape index (κ1) is 19.2. The van der Waals surface area contributed by atoms with Crippen LogP contribution in [0.1, 0.15) is 37.7 Å². The third kappa shape index (κ3) is 4.59. The Kier molecular flexibility index (Phi) is 6.32. The second kappa shape index (κ2) is 8.89. The molecule has 5 nitrogen and oxygen atoms in total. The van der Waals surface area contributed by atoms with E-state index in [2.05, 4.69) is 52.5 Å². The molecule has 3 rings (SSSR count). The molecule has 27 heavy (non-hydrogen) atoms. The van der Waals surface area contributed by atoms with E-state index < -0.39 is 6.09 Å². The highest BCUT2D eigenvalue weighted by Crippen LogP contribution is 2.30. The normalized spacial score (nSPS) is 16.1. The summed E-state index contributed by atoms with van der Waals surface area (Å²) in [6.07, 6.45) is 2.17. The van der Waals surface area contributed by atoms with E-state index in [1.165, 1.54) is 23.4 Å².